The largest absolute Gasteiger partial charge is 0.384 e. The van der Waals surface area contributed by atoms with Gasteiger partial charge in [-0.3, -0.25) is 4.79 Å². The van der Waals surface area contributed by atoms with Crippen LogP contribution in [0.1, 0.15) is 10.4 Å². The third-order valence-corrected chi connectivity index (χ3v) is 4.16. The maximum Gasteiger partial charge on any atom is 0.251 e. The van der Waals surface area contributed by atoms with Gasteiger partial charge in [-0.25, -0.2) is 8.42 Å². The van der Waals surface area contributed by atoms with Gasteiger partial charge in [0.05, 0.1) is 17.3 Å². The Morgan fingerprint density at radius 2 is 1.95 bits per heavy atom. The Balaban J connectivity index is 2.79. The molecule has 6 nitrogen and oxygen atoms in total. The standard InChI is InChI=1S/C12H18N2O4S/c1-18-8-9-19(16,17)11-4-2-10(3-5-11)12(15)14-7-6-13/h2-5H,6-9,13H2,1H3,(H,14,15). The van der Waals surface area contributed by atoms with Crippen LogP contribution in [-0.2, 0) is 14.6 Å². The number of sulfone groups is 1. The zero-order valence-corrected chi connectivity index (χ0v) is 11.6. The minimum Gasteiger partial charge on any atom is -0.384 e. The van der Waals surface area contributed by atoms with Gasteiger partial charge in [-0.1, -0.05) is 0 Å². The van der Waals surface area contributed by atoms with Crippen molar-refractivity contribution >= 4 is 15.7 Å². The van der Waals surface area contributed by atoms with Crippen molar-refractivity contribution in [1.82, 2.24) is 5.32 Å². The van der Waals surface area contributed by atoms with E-state index in [9.17, 15) is 13.2 Å². The minimum absolute atomic E-state index is 0.0811. The van der Waals surface area contributed by atoms with Gasteiger partial charge in [0.1, 0.15) is 0 Å². The molecule has 0 aliphatic heterocycles. The lowest BCUT2D eigenvalue weighted by molar-refractivity contribution is 0.0954. The zero-order chi connectivity index (χ0) is 14.3. The quantitative estimate of drug-likeness (QED) is 0.723. The Labute approximate surface area is 112 Å². The second kappa shape index (κ2) is 7.22. The molecule has 7 heteroatoms. The first-order valence-electron chi connectivity index (χ1n) is 5.81. The van der Waals surface area contributed by atoms with Crippen LogP contribution in [0.2, 0.25) is 0 Å². The second-order valence-electron chi connectivity index (χ2n) is 3.88. The van der Waals surface area contributed by atoms with Crippen molar-refractivity contribution in [3.8, 4) is 0 Å². The molecule has 0 saturated heterocycles. The summed E-state index contributed by atoms with van der Waals surface area (Å²) >= 11 is 0. The Morgan fingerprint density at radius 1 is 1.32 bits per heavy atom. The fourth-order valence-corrected chi connectivity index (χ4v) is 2.58. The monoisotopic (exact) mass is 286 g/mol. The van der Waals surface area contributed by atoms with Crippen molar-refractivity contribution in [3.63, 3.8) is 0 Å². The molecule has 0 aromatic heterocycles. The zero-order valence-electron chi connectivity index (χ0n) is 10.8. The van der Waals surface area contributed by atoms with Crippen LogP contribution < -0.4 is 11.1 Å². The molecule has 106 valence electrons. The minimum atomic E-state index is -3.36. The number of ether oxygens (including phenoxy) is 1. The fourth-order valence-electron chi connectivity index (χ4n) is 1.41. The van der Waals surface area contributed by atoms with Gasteiger partial charge < -0.3 is 15.8 Å². The molecule has 1 rings (SSSR count). The molecule has 0 aliphatic rings. The van der Waals surface area contributed by atoms with E-state index in [2.05, 4.69) is 5.32 Å². The SMILES string of the molecule is COCCS(=O)(=O)c1ccc(C(=O)NCCN)cc1. The summed E-state index contributed by atoms with van der Waals surface area (Å²) in [6.45, 7) is 0.878. The lowest BCUT2D eigenvalue weighted by Gasteiger charge is -2.06. The Morgan fingerprint density at radius 3 is 2.47 bits per heavy atom. The molecule has 0 fully saturated rings. The van der Waals surface area contributed by atoms with Gasteiger partial charge >= 0.3 is 0 Å². The predicted octanol–water partition coefficient (Wildman–Crippen LogP) is -0.205. The van der Waals surface area contributed by atoms with Crippen molar-refractivity contribution in [3.05, 3.63) is 29.8 Å². The van der Waals surface area contributed by atoms with E-state index >= 15 is 0 Å². The highest BCUT2D eigenvalue weighted by Gasteiger charge is 2.14. The van der Waals surface area contributed by atoms with Gasteiger partial charge in [-0.15, -0.1) is 0 Å². The van der Waals surface area contributed by atoms with Crippen molar-refractivity contribution < 1.29 is 17.9 Å². The van der Waals surface area contributed by atoms with E-state index in [1.54, 1.807) is 0 Å². The number of carbonyl (C=O) groups is 1. The van der Waals surface area contributed by atoms with Crippen LogP contribution in [0.25, 0.3) is 0 Å². The number of nitrogens with one attached hydrogen (secondary N) is 1. The van der Waals surface area contributed by atoms with Crippen molar-refractivity contribution in [2.75, 3.05) is 32.6 Å². The molecule has 0 bridgehead atoms. The number of methoxy groups -OCH3 is 1. The highest BCUT2D eigenvalue weighted by atomic mass is 32.2. The van der Waals surface area contributed by atoms with Crippen molar-refractivity contribution in [2.24, 2.45) is 5.73 Å². The molecule has 1 aromatic rings. The molecule has 0 saturated carbocycles. The number of amides is 1. The summed E-state index contributed by atoms with van der Waals surface area (Å²) in [4.78, 5) is 11.8. The van der Waals surface area contributed by atoms with Gasteiger partial charge in [0.2, 0.25) is 0 Å². The molecule has 0 unspecified atom stereocenters. The van der Waals surface area contributed by atoms with Crippen LogP contribution in [0.5, 0.6) is 0 Å². The van der Waals surface area contributed by atoms with E-state index in [0.717, 1.165) is 0 Å². The second-order valence-corrected chi connectivity index (χ2v) is 5.99. The molecular weight excluding hydrogens is 268 g/mol. The summed E-state index contributed by atoms with van der Waals surface area (Å²) in [6, 6.07) is 5.79. The first kappa shape index (κ1) is 15.6. The number of rotatable bonds is 7. The molecule has 1 amide bonds. The molecule has 1 aromatic carbocycles. The highest BCUT2D eigenvalue weighted by molar-refractivity contribution is 7.91. The van der Waals surface area contributed by atoms with E-state index < -0.39 is 9.84 Å². The Bertz CT molecular complexity index is 511. The fraction of sp³-hybridized carbons (Fsp3) is 0.417. The number of hydrogen-bond acceptors (Lipinski definition) is 5. The summed E-state index contributed by atoms with van der Waals surface area (Å²) in [5.74, 6) is -0.353. The topological polar surface area (TPSA) is 98.5 Å². The molecule has 19 heavy (non-hydrogen) atoms. The lowest BCUT2D eigenvalue weighted by atomic mass is 10.2. The number of hydrogen-bond donors (Lipinski definition) is 2. The Hall–Kier alpha value is -1.44. The van der Waals surface area contributed by atoms with Gasteiger partial charge in [0.25, 0.3) is 5.91 Å². The molecule has 0 radical (unpaired) electrons. The van der Waals surface area contributed by atoms with Crippen molar-refractivity contribution in [1.29, 1.82) is 0 Å². The first-order valence-corrected chi connectivity index (χ1v) is 7.46. The van der Waals surface area contributed by atoms with Crippen LogP contribution >= 0.6 is 0 Å². The highest BCUT2D eigenvalue weighted by Crippen LogP contribution is 2.12. The van der Waals surface area contributed by atoms with Gasteiger partial charge in [-0.2, -0.15) is 0 Å². The molecule has 0 heterocycles. The average molecular weight is 286 g/mol. The first-order chi connectivity index (χ1) is 9.01. The van der Waals surface area contributed by atoms with Crippen LogP contribution in [0.4, 0.5) is 0 Å². The van der Waals surface area contributed by atoms with Crippen LogP contribution in [-0.4, -0.2) is 46.9 Å². The number of carbonyl (C=O) groups excluding carboxylic acids is 1. The third-order valence-electron chi connectivity index (χ3n) is 2.46. The van der Waals surface area contributed by atoms with Crippen molar-refractivity contribution in [2.45, 2.75) is 4.90 Å². The molecule has 0 atom stereocenters. The summed E-state index contributed by atoms with van der Waals surface area (Å²) in [5, 5.41) is 2.61. The van der Waals surface area contributed by atoms with E-state index in [1.807, 2.05) is 0 Å². The normalized spacial score (nSPS) is 11.3. The molecular formula is C12H18N2O4S. The summed E-state index contributed by atoms with van der Waals surface area (Å²) in [5.41, 5.74) is 5.68. The van der Waals surface area contributed by atoms with Gasteiger partial charge in [0, 0.05) is 25.8 Å². The smallest absolute Gasteiger partial charge is 0.251 e. The lowest BCUT2D eigenvalue weighted by Crippen LogP contribution is -2.28. The summed E-state index contributed by atoms with van der Waals surface area (Å²) in [6.07, 6.45) is 0. The van der Waals surface area contributed by atoms with E-state index in [4.69, 9.17) is 10.5 Å². The van der Waals surface area contributed by atoms with Crippen LogP contribution in [0.15, 0.2) is 29.2 Å². The maximum absolute atomic E-state index is 11.8. The maximum atomic E-state index is 11.8. The number of benzene rings is 1. The third kappa shape index (κ3) is 4.62. The van der Waals surface area contributed by atoms with Gasteiger partial charge in [-0.05, 0) is 24.3 Å². The van der Waals surface area contributed by atoms with E-state index in [-0.39, 0.29) is 23.2 Å². The molecule has 3 N–H and O–H groups in total. The van der Waals surface area contributed by atoms with E-state index in [0.29, 0.717) is 18.7 Å². The van der Waals surface area contributed by atoms with Crippen LogP contribution in [0.3, 0.4) is 0 Å². The molecule has 0 spiro atoms. The van der Waals surface area contributed by atoms with Gasteiger partial charge in [0.15, 0.2) is 9.84 Å². The molecule has 0 aliphatic carbocycles. The average Bonchev–Trinajstić information content (AvgIpc) is 2.42. The number of nitrogens with two attached hydrogens (primary N) is 1. The Kier molecular flexibility index (Phi) is 5.94. The van der Waals surface area contributed by atoms with E-state index in [1.165, 1.54) is 31.4 Å². The predicted molar refractivity (Wildman–Crippen MR) is 71.8 cm³/mol. The summed E-state index contributed by atoms with van der Waals surface area (Å²) < 4.78 is 28.4. The summed E-state index contributed by atoms with van der Waals surface area (Å²) in [7, 11) is -1.91. The van der Waals surface area contributed by atoms with Crippen LogP contribution in [0, 0.1) is 0 Å².